The Hall–Kier alpha value is -3.02. The number of carbonyl (C=O) groups excluding carboxylic acids is 1. The second-order valence-corrected chi connectivity index (χ2v) is 6.19. The molecule has 0 radical (unpaired) electrons. The summed E-state index contributed by atoms with van der Waals surface area (Å²) in [6.45, 7) is 2.13. The number of nitrogens with one attached hydrogen (secondary N) is 1. The lowest BCUT2D eigenvalue weighted by Gasteiger charge is -2.29. The van der Waals surface area contributed by atoms with Crippen LogP contribution < -0.4 is 15.1 Å². The van der Waals surface area contributed by atoms with Crippen LogP contribution in [0.2, 0.25) is 0 Å². The lowest BCUT2D eigenvalue weighted by Crippen LogP contribution is -2.29. The fourth-order valence-electron chi connectivity index (χ4n) is 3.04. The zero-order valence-corrected chi connectivity index (χ0v) is 14.8. The molecule has 1 aliphatic rings. The number of phenolic OH excluding ortho intramolecular Hbond substituents is 1. The van der Waals surface area contributed by atoms with Gasteiger partial charge >= 0.3 is 0 Å². The molecular weight excluding hydrogens is 330 g/mol. The monoisotopic (exact) mass is 353 g/mol. The Morgan fingerprint density at radius 3 is 2.69 bits per heavy atom. The molecule has 26 heavy (non-hydrogen) atoms. The van der Waals surface area contributed by atoms with E-state index in [2.05, 4.69) is 15.4 Å². The number of anilines is 1. The molecule has 136 valence electrons. The number of rotatable bonds is 5. The molecule has 2 aromatic rings. The molecule has 1 heterocycles. The topological polar surface area (TPSA) is 74.2 Å². The molecular formula is C20H23N3O3. The van der Waals surface area contributed by atoms with Crippen LogP contribution in [0, 0.1) is 0 Å². The number of phenols is 1. The van der Waals surface area contributed by atoms with Gasteiger partial charge in [-0.15, -0.1) is 0 Å². The lowest BCUT2D eigenvalue weighted by molar-refractivity contribution is 0.0952. The number of hydrazone groups is 1. The summed E-state index contributed by atoms with van der Waals surface area (Å²) >= 11 is 0. The van der Waals surface area contributed by atoms with Crippen LogP contribution in [-0.2, 0) is 0 Å². The summed E-state index contributed by atoms with van der Waals surface area (Å²) in [6, 6.07) is 12.3. The number of hydrogen-bond donors (Lipinski definition) is 2. The third-order valence-corrected chi connectivity index (χ3v) is 4.46. The Kier molecular flexibility index (Phi) is 5.73. The van der Waals surface area contributed by atoms with Crippen molar-refractivity contribution in [3.05, 3.63) is 53.6 Å². The zero-order valence-electron chi connectivity index (χ0n) is 14.8. The number of hydrogen-bond acceptors (Lipinski definition) is 5. The summed E-state index contributed by atoms with van der Waals surface area (Å²) in [6.07, 6.45) is 5.25. The molecule has 1 saturated heterocycles. The third-order valence-electron chi connectivity index (χ3n) is 4.46. The molecule has 0 unspecified atom stereocenters. The quantitative estimate of drug-likeness (QED) is 0.640. The van der Waals surface area contributed by atoms with Gasteiger partial charge in [-0.25, -0.2) is 5.43 Å². The molecule has 2 N–H and O–H groups in total. The van der Waals surface area contributed by atoms with Gasteiger partial charge in [0.1, 0.15) is 11.5 Å². The molecule has 3 rings (SSSR count). The normalized spacial score (nSPS) is 14.4. The van der Waals surface area contributed by atoms with Gasteiger partial charge in [-0.1, -0.05) is 12.1 Å². The Labute approximate surface area is 153 Å². The average Bonchev–Trinajstić information content (AvgIpc) is 2.69. The maximum absolute atomic E-state index is 12.0. The first-order chi connectivity index (χ1) is 12.7. The van der Waals surface area contributed by atoms with Crippen molar-refractivity contribution in [3.63, 3.8) is 0 Å². The largest absolute Gasteiger partial charge is 0.507 e. The predicted molar refractivity (Wildman–Crippen MR) is 102 cm³/mol. The van der Waals surface area contributed by atoms with E-state index in [1.165, 1.54) is 37.6 Å². The summed E-state index contributed by atoms with van der Waals surface area (Å²) < 4.78 is 5.47. The Morgan fingerprint density at radius 2 is 1.96 bits per heavy atom. The van der Waals surface area contributed by atoms with Crippen LogP contribution in [0.5, 0.6) is 11.5 Å². The first-order valence-electron chi connectivity index (χ1n) is 8.73. The molecule has 0 aromatic heterocycles. The smallest absolute Gasteiger partial charge is 0.275 e. The van der Waals surface area contributed by atoms with Crippen molar-refractivity contribution < 1.29 is 14.6 Å². The lowest BCUT2D eigenvalue weighted by atomic mass is 10.1. The molecule has 0 atom stereocenters. The van der Waals surface area contributed by atoms with Crippen molar-refractivity contribution >= 4 is 17.8 Å². The highest BCUT2D eigenvalue weighted by molar-refractivity contribution is 5.97. The van der Waals surface area contributed by atoms with Crippen LogP contribution in [-0.4, -0.2) is 37.4 Å². The van der Waals surface area contributed by atoms with Crippen molar-refractivity contribution in [3.8, 4) is 11.5 Å². The van der Waals surface area contributed by atoms with E-state index in [4.69, 9.17) is 4.74 Å². The van der Waals surface area contributed by atoms with Gasteiger partial charge in [0.05, 0.1) is 18.9 Å². The Bertz CT molecular complexity index is 799. The van der Waals surface area contributed by atoms with Crippen LogP contribution >= 0.6 is 0 Å². The van der Waals surface area contributed by atoms with Crippen molar-refractivity contribution in [1.29, 1.82) is 0 Å². The van der Waals surface area contributed by atoms with Crippen LogP contribution in [0.3, 0.4) is 0 Å². The molecule has 1 amide bonds. The molecule has 0 aliphatic carbocycles. The van der Waals surface area contributed by atoms with E-state index in [9.17, 15) is 9.90 Å². The van der Waals surface area contributed by atoms with Crippen molar-refractivity contribution in [1.82, 2.24) is 5.43 Å². The standard InChI is InChI=1S/C20H23N3O3/c1-26-19-13-16(23-11-5-2-6-12-23)10-9-15(19)14-21-22-20(25)17-7-3-4-8-18(17)24/h3-4,7-10,13-14,24H,2,5-6,11-12H2,1H3,(H,22,25)/b21-14+. The van der Waals surface area contributed by atoms with Gasteiger partial charge in [0.25, 0.3) is 5.91 Å². The maximum Gasteiger partial charge on any atom is 0.275 e. The molecule has 1 aliphatic heterocycles. The van der Waals surface area contributed by atoms with Crippen LogP contribution in [0.15, 0.2) is 47.6 Å². The number of ether oxygens (including phenoxy) is 1. The SMILES string of the molecule is COc1cc(N2CCCCC2)ccc1/C=N/NC(=O)c1ccccc1O. The van der Waals surface area contributed by atoms with Gasteiger partial charge < -0.3 is 14.7 Å². The molecule has 6 nitrogen and oxygen atoms in total. The van der Waals surface area contributed by atoms with Gasteiger partial charge in [-0.2, -0.15) is 5.10 Å². The summed E-state index contributed by atoms with van der Waals surface area (Å²) in [5.74, 6) is 0.153. The highest BCUT2D eigenvalue weighted by Gasteiger charge is 2.13. The van der Waals surface area contributed by atoms with E-state index in [-0.39, 0.29) is 11.3 Å². The van der Waals surface area contributed by atoms with Gasteiger partial charge in [-0.3, -0.25) is 4.79 Å². The Balaban J connectivity index is 1.69. The van der Waals surface area contributed by atoms with Crippen molar-refractivity contribution in [2.45, 2.75) is 19.3 Å². The number of piperidine rings is 1. The first kappa shape index (κ1) is 17.8. The number of benzene rings is 2. The van der Waals surface area contributed by atoms with Gasteiger partial charge in [-0.05, 0) is 43.5 Å². The minimum Gasteiger partial charge on any atom is -0.507 e. The maximum atomic E-state index is 12.0. The minimum atomic E-state index is -0.469. The predicted octanol–water partition coefficient (Wildman–Crippen LogP) is 3.16. The zero-order chi connectivity index (χ0) is 18.4. The van der Waals surface area contributed by atoms with Crippen LogP contribution in [0.25, 0.3) is 0 Å². The first-order valence-corrected chi connectivity index (χ1v) is 8.73. The summed E-state index contributed by atoms with van der Waals surface area (Å²) in [7, 11) is 1.62. The Morgan fingerprint density at radius 1 is 1.19 bits per heavy atom. The highest BCUT2D eigenvalue weighted by Crippen LogP contribution is 2.26. The second-order valence-electron chi connectivity index (χ2n) is 6.19. The number of aromatic hydroxyl groups is 1. The molecule has 6 heteroatoms. The van der Waals surface area contributed by atoms with E-state index in [1.807, 2.05) is 18.2 Å². The van der Waals surface area contributed by atoms with E-state index >= 15 is 0 Å². The summed E-state index contributed by atoms with van der Waals surface area (Å²) in [4.78, 5) is 14.4. The average molecular weight is 353 g/mol. The fraction of sp³-hybridized carbons (Fsp3) is 0.300. The fourth-order valence-corrected chi connectivity index (χ4v) is 3.04. The molecule has 0 spiro atoms. The highest BCUT2D eigenvalue weighted by atomic mass is 16.5. The van der Waals surface area contributed by atoms with Gasteiger partial charge in [0, 0.05) is 30.4 Å². The van der Waals surface area contributed by atoms with E-state index < -0.39 is 5.91 Å². The second kappa shape index (κ2) is 8.38. The third kappa shape index (κ3) is 4.14. The van der Waals surface area contributed by atoms with Crippen molar-refractivity contribution in [2.24, 2.45) is 5.10 Å². The number of nitrogens with zero attached hydrogens (tertiary/aromatic N) is 2. The summed E-state index contributed by atoms with van der Waals surface area (Å²) in [5.41, 5.74) is 4.51. The van der Waals surface area contributed by atoms with Crippen LogP contribution in [0.4, 0.5) is 5.69 Å². The van der Waals surface area contributed by atoms with Crippen LogP contribution in [0.1, 0.15) is 35.2 Å². The number of para-hydroxylation sites is 1. The molecule has 0 bridgehead atoms. The number of carbonyl (C=O) groups is 1. The molecule has 0 saturated carbocycles. The molecule has 1 fully saturated rings. The van der Waals surface area contributed by atoms with Gasteiger partial charge in [0.2, 0.25) is 0 Å². The van der Waals surface area contributed by atoms with E-state index in [0.29, 0.717) is 5.75 Å². The number of methoxy groups -OCH3 is 1. The number of amides is 1. The minimum absolute atomic E-state index is 0.0799. The molecule has 2 aromatic carbocycles. The van der Waals surface area contributed by atoms with Crippen molar-refractivity contribution in [2.75, 3.05) is 25.1 Å². The van der Waals surface area contributed by atoms with E-state index in [1.54, 1.807) is 19.2 Å². The summed E-state index contributed by atoms with van der Waals surface area (Å²) in [5, 5.41) is 13.7. The van der Waals surface area contributed by atoms with Gasteiger partial charge in [0.15, 0.2) is 0 Å². The van der Waals surface area contributed by atoms with E-state index in [0.717, 1.165) is 24.3 Å².